The van der Waals surface area contributed by atoms with E-state index in [1.807, 2.05) is 6.92 Å². The topological polar surface area (TPSA) is 83.6 Å². The van der Waals surface area contributed by atoms with Crippen LogP contribution in [0.4, 0.5) is 0 Å². The van der Waals surface area contributed by atoms with Crippen molar-refractivity contribution in [1.29, 1.82) is 0 Å². The molecule has 0 atom stereocenters. The average Bonchev–Trinajstić information content (AvgIpc) is 2.71. The molecule has 1 aromatic heterocycles. The summed E-state index contributed by atoms with van der Waals surface area (Å²) in [5.74, 6) is -0.474. The number of aromatic carboxylic acids is 1. The minimum Gasteiger partial charge on any atom is -0.476 e. The molecule has 2 heterocycles. The highest BCUT2D eigenvalue weighted by atomic mass is 16.5. The molecule has 0 spiro atoms. The van der Waals surface area contributed by atoms with Crippen LogP contribution >= 0.6 is 0 Å². The van der Waals surface area contributed by atoms with Gasteiger partial charge in [-0.15, -0.1) is 0 Å². The lowest BCUT2D eigenvalue weighted by molar-refractivity contribution is -0.132. The zero-order valence-electron chi connectivity index (χ0n) is 9.60. The van der Waals surface area contributed by atoms with Crippen molar-refractivity contribution in [2.24, 2.45) is 0 Å². The van der Waals surface area contributed by atoms with Gasteiger partial charge in [-0.2, -0.15) is 0 Å². The highest BCUT2D eigenvalue weighted by molar-refractivity contribution is 5.87. The lowest BCUT2D eigenvalue weighted by atomic mass is 10.1. The maximum atomic E-state index is 11.7. The molecule has 1 aliphatic heterocycles. The molecule has 17 heavy (non-hydrogen) atoms. The number of amides is 1. The molecular formula is C11H14N2O4. The van der Waals surface area contributed by atoms with Gasteiger partial charge in [0.15, 0.2) is 5.69 Å². The molecule has 1 aromatic rings. The molecular weight excluding hydrogens is 224 g/mol. The molecule has 1 amide bonds. The van der Waals surface area contributed by atoms with E-state index in [-0.39, 0.29) is 11.6 Å². The molecule has 0 saturated heterocycles. The highest BCUT2D eigenvalue weighted by Crippen LogP contribution is 2.23. The predicted molar refractivity (Wildman–Crippen MR) is 57.5 cm³/mol. The lowest BCUT2D eigenvalue weighted by Crippen LogP contribution is -2.35. The van der Waals surface area contributed by atoms with Crippen molar-refractivity contribution in [1.82, 2.24) is 10.1 Å². The standard InChI is InChI=1S/C11H14N2O4/c1-2-3-9(14)13-5-4-8-7(6-13)10(11(15)16)12-17-8/h2-6H2,1H3,(H,15,16). The normalized spacial score (nSPS) is 14.5. The van der Waals surface area contributed by atoms with Crippen LogP contribution in [0.2, 0.25) is 0 Å². The summed E-state index contributed by atoms with van der Waals surface area (Å²) >= 11 is 0. The Morgan fingerprint density at radius 1 is 1.53 bits per heavy atom. The maximum Gasteiger partial charge on any atom is 0.358 e. The van der Waals surface area contributed by atoms with Gasteiger partial charge in [-0.3, -0.25) is 4.79 Å². The number of hydrogen-bond acceptors (Lipinski definition) is 4. The minimum absolute atomic E-state index is 0.0516. The molecule has 0 bridgehead atoms. The van der Waals surface area contributed by atoms with E-state index >= 15 is 0 Å². The Labute approximate surface area is 98.2 Å². The van der Waals surface area contributed by atoms with E-state index in [2.05, 4.69) is 5.16 Å². The molecule has 0 unspecified atom stereocenters. The summed E-state index contributed by atoms with van der Waals surface area (Å²) in [5.41, 5.74) is 0.460. The molecule has 2 rings (SSSR count). The number of carbonyl (C=O) groups is 2. The number of rotatable bonds is 3. The quantitative estimate of drug-likeness (QED) is 0.851. The number of hydrogen-bond donors (Lipinski definition) is 1. The van der Waals surface area contributed by atoms with Crippen LogP contribution in [0, 0.1) is 0 Å². The summed E-state index contributed by atoms with van der Waals surface area (Å²) in [6.07, 6.45) is 1.81. The van der Waals surface area contributed by atoms with Crippen molar-refractivity contribution >= 4 is 11.9 Å². The van der Waals surface area contributed by atoms with Crippen LogP contribution in [0.1, 0.15) is 41.6 Å². The molecule has 0 aromatic carbocycles. The summed E-state index contributed by atoms with van der Waals surface area (Å²) in [6.45, 7) is 2.80. The second-order valence-electron chi connectivity index (χ2n) is 4.05. The van der Waals surface area contributed by atoms with Crippen LogP contribution in [0.25, 0.3) is 0 Å². The maximum absolute atomic E-state index is 11.7. The third-order valence-corrected chi connectivity index (χ3v) is 2.85. The Bertz CT molecular complexity index is 452. The lowest BCUT2D eigenvalue weighted by Gasteiger charge is -2.25. The number of fused-ring (bicyclic) bond motifs is 1. The van der Waals surface area contributed by atoms with Crippen molar-refractivity contribution in [2.75, 3.05) is 6.54 Å². The van der Waals surface area contributed by atoms with E-state index in [1.54, 1.807) is 4.90 Å². The summed E-state index contributed by atoms with van der Waals surface area (Å²) < 4.78 is 4.97. The molecule has 6 nitrogen and oxygen atoms in total. The largest absolute Gasteiger partial charge is 0.476 e. The van der Waals surface area contributed by atoms with Crippen molar-refractivity contribution in [3.63, 3.8) is 0 Å². The fraction of sp³-hybridized carbons (Fsp3) is 0.545. The van der Waals surface area contributed by atoms with Crippen LogP contribution in [-0.4, -0.2) is 33.6 Å². The molecule has 6 heteroatoms. The molecule has 1 N–H and O–H groups in total. The zero-order chi connectivity index (χ0) is 12.4. The fourth-order valence-electron chi connectivity index (χ4n) is 1.96. The first kappa shape index (κ1) is 11.6. The van der Waals surface area contributed by atoms with Crippen LogP contribution in [0.15, 0.2) is 4.52 Å². The van der Waals surface area contributed by atoms with E-state index in [0.717, 1.165) is 6.42 Å². The van der Waals surface area contributed by atoms with E-state index < -0.39 is 5.97 Å². The first-order chi connectivity index (χ1) is 8.13. The van der Waals surface area contributed by atoms with E-state index in [1.165, 1.54) is 0 Å². The molecule has 0 radical (unpaired) electrons. The Balaban J connectivity index is 2.19. The number of carboxylic acid groups (broad SMARTS) is 1. The third kappa shape index (κ3) is 2.15. The van der Waals surface area contributed by atoms with Gasteiger partial charge in [-0.25, -0.2) is 4.79 Å². The van der Waals surface area contributed by atoms with Gasteiger partial charge < -0.3 is 14.5 Å². The zero-order valence-corrected chi connectivity index (χ0v) is 9.60. The number of carbonyl (C=O) groups excluding carboxylic acids is 1. The summed E-state index contributed by atoms with van der Waals surface area (Å²) in [4.78, 5) is 24.3. The Morgan fingerprint density at radius 2 is 2.29 bits per heavy atom. The summed E-state index contributed by atoms with van der Waals surface area (Å²) in [6, 6.07) is 0. The Morgan fingerprint density at radius 3 is 2.94 bits per heavy atom. The van der Waals surface area contributed by atoms with Crippen LogP contribution in [0.5, 0.6) is 0 Å². The van der Waals surface area contributed by atoms with Gasteiger partial charge in [-0.05, 0) is 6.42 Å². The monoisotopic (exact) mass is 238 g/mol. The van der Waals surface area contributed by atoms with Crippen LogP contribution < -0.4 is 0 Å². The average molecular weight is 238 g/mol. The molecule has 0 aliphatic carbocycles. The smallest absolute Gasteiger partial charge is 0.358 e. The molecule has 1 aliphatic rings. The minimum atomic E-state index is -1.11. The van der Waals surface area contributed by atoms with Crippen molar-refractivity contribution < 1.29 is 19.2 Å². The summed E-state index contributed by atoms with van der Waals surface area (Å²) in [7, 11) is 0. The van der Waals surface area contributed by atoms with Gasteiger partial charge in [0.1, 0.15) is 5.76 Å². The van der Waals surface area contributed by atoms with E-state index in [0.29, 0.717) is 37.3 Å². The second-order valence-corrected chi connectivity index (χ2v) is 4.05. The molecule has 92 valence electrons. The number of aromatic nitrogens is 1. The Hall–Kier alpha value is -1.85. The van der Waals surface area contributed by atoms with Gasteiger partial charge in [-0.1, -0.05) is 12.1 Å². The second kappa shape index (κ2) is 4.57. The fourth-order valence-corrected chi connectivity index (χ4v) is 1.96. The first-order valence-electron chi connectivity index (χ1n) is 5.62. The van der Waals surface area contributed by atoms with Gasteiger partial charge in [0.2, 0.25) is 5.91 Å². The van der Waals surface area contributed by atoms with Crippen molar-refractivity contribution in [3.05, 3.63) is 17.0 Å². The van der Waals surface area contributed by atoms with Crippen molar-refractivity contribution in [2.45, 2.75) is 32.7 Å². The predicted octanol–water partition coefficient (Wildman–Crippen LogP) is 1.06. The number of nitrogens with zero attached hydrogens (tertiary/aromatic N) is 2. The van der Waals surface area contributed by atoms with Gasteiger partial charge >= 0.3 is 5.97 Å². The summed E-state index contributed by atoms with van der Waals surface area (Å²) in [5, 5.41) is 12.5. The highest BCUT2D eigenvalue weighted by Gasteiger charge is 2.28. The molecule has 0 saturated carbocycles. The van der Waals surface area contributed by atoms with Crippen molar-refractivity contribution in [3.8, 4) is 0 Å². The SMILES string of the molecule is CCCC(=O)N1CCc2onc(C(=O)O)c2C1. The van der Waals surface area contributed by atoms with E-state index in [4.69, 9.17) is 9.63 Å². The van der Waals surface area contributed by atoms with Gasteiger partial charge in [0.05, 0.1) is 6.54 Å². The molecule has 0 fully saturated rings. The van der Waals surface area contributed by atoms with Crippen LogP contribution in [0.3, 0.4) is 0 Å². The van der Waals surface area contributed by atoms with Gasteiger partial charge in [0.25, 0.3) is 0 Å². The van der Waals surface area contributed by atoms with Gasteiger partial charge in [0, 0.05) is 24.9 Å². The first-order valence-corrected chi connectivity index (χ1v) is 5.62. The Kier molecular flexibility index (Phi) is 3.12. The number of carboxylic acids is 1. The van der Waals surface area contributed by atoms with Crippen LogP contribution in [-0.2, 0) is 17.8 Å². The third-order valence-electron chi connectivity index (χ3n) is 2.85. The van der Waals surface area contributed by atoms with E-state index in [9.17, 15) is 9.59 Å².